The summed E-state index contributed by atoms with van der Waals surface area (Å²) in [6.45, 7) is 1.89. The summed E-state index contributed by atoms with van der Waals surface area (Å²) in [6.07, 6.45) is -3.56. The van der Waals surface area contributed by atoms with E-state index in [1.165, 1.54) is 12.1 Å². The molecule has 0 aliphatic rings. The van der Waals surface area contributed by atoms with E-state index >= 15 is 0 Å². The Kier molecular flexibility index (Phi) is 3.16. The number of alkyl halides is 3. The molecule has 1 unspecified atom stereocenters. The highest BCUT2D eigenvalue weighted by Gasteiger charge is 2.29. The van der Waals surface area contributed by atoms with E-state index in [0.29, 0.717) is 6.42 Å². The van der Waals surface area contributed by atoms with E-state index in [9.17, 15) is 13.2 Å². The predicted octanol–water partition coefficient (Wildman–Crippen LogP) is 3.12. The molecular formula is C10H12F3N. The quantitative estimate of drug-likeness (QED) is 0.785. The van der Waals surface area contributed by atoms with E-state index in [4.69, 9.17) is 5.73 Å². The van der Waals surface area contributed by atoms with Crippen LogP contribution in [0.1, 0.15) is 30.5 Å². The summed E-state index contributed by atoms with van der Waals surface area (Å²) in [5, 5.41) is 0. The lowest BCUT2D eigenvalue weighted by atomic mass is 10.0. The van der Waals surface area contributed by atoms with Crippen molar-refractivity contribution in [3.8, 4) is 0 Å². The molecule has 1 rings (SSSR count). The van der Waals surface area contributed by atoms with Crippen LogP contribution in [0.3, 0.4) is 0 Å². The molecule has 0 spiro atoms. The van der Waals surface area contributed by atoms with Gasteiger partial charge in [0.25, 0.3) is 0 Å². The molecule has 0 saturated heterocycles. The molecule has 0 amide bonds. The van der Waals surface area contributed by atoms with Crippen LogP contribution in [0.2, 0.25) is 0 Å². The van der Waals surface area contributed by atoms with Gasteiger partial charge in [-0.05, 0) is 24.1 Å². The topological polar surface area (TPSA) is 26.0 Å². The zero-order valence-corrected chi connectivity index (χ0v) is 7.81. The molecule has 0 aliphatic carbocycles. The van der Waals surface area contributed by atoms with Crippen molar-refractivity contribution in [1.82, 2.24) is 0 Å². The highest BCUT2D eigenvalue weighted by Crippen LogP contribution is 2.29. The average molecular weight is 203 g/mol. The van der Waals surface area contributed by atoms with Gasteiger partial charge < -0.3 is 5.73 Å². The number of halogens is 3. The van der Waals surface area contributed by atoms with E-state index in [1.54, 1.807) is 0 Å². The van der Waals surface area contributed by atoms with Crippen LogP contribution >= 0.6 is 0 Å². The monoisotopic (exact) mass is 203 g/mol. The number of hydrogen-bond acceptors (Lipinski definition) is 1. The molecule has 78 valence electrons. The molecule has 0 bridgehead atoms. The van der Waals surface area contributed by atoms with Crippen LogP contribution < -0.4 is 5.73 Å². The molecule has 0 saturated carbocycles. The van der Waals surface area contributed by atoms with Gasteiger partial charge in [-0.1, -0.05) is 19.1 Å². The first-order chi connectivity index (χ1) is 6.45. The van der Waals surface area contributed by atoms with E-state index in [0.717, 1.165) is 17.7 Å². The molecule has 1 atom stereocenters. The van der Waals surface area contributed by atoms with Crippen LogP contribution in [0.15, 0.2) is 24.3 Å². The van der Waals surface area contributed by atoms with Crippen LogP contribution in [0.4, 0.5) is 13.2 Å². The lowest BCUT2D eigenvalue weighted by Gasteiger charge is -2.11. The summed E-state index contributed by atoms with van der Waals surface area (Å²) in [7, 11) is 0. The third kappa shape index (κ3) is 2.48. The highest BCUT2D eigenvalue weighted by molar-refractivity contribution is 5.26. The molecule has 0 aliphatic heterocycles. The highest BCUT2D eigenvalue weighted by atomic mass is 19.4. The van der Waals surface area contributed by atoms with Gasteiger partial charge in [-0.2, -0.15) is 13.2 Å². The molecule has 1 nitrogen and oxygen atoms in total. The Labute approximate surface area is 80.7 Å². The first-order valence-corrected chi connectivity index (χ1v) is 4.38. The summed E-state index contributed by atoms with van der Waals surface area (Å²) in [4.78, 5) is 0. The minimum atomic E-state index is -4.27. The summed E-state index contributed by atoms with van der Waals surface area (Å²) < 4.78 is 36.5. The van der Waals surface area contributed by atoms with Gasteiger partial charge >= 0.3 is 6.18 Å². The lowest BCUT2D eigenvalue weighted by molar-refractivity contribution is -0.137. The van der Waals surface area contributed by atoms with Gasteiger partial charge in [-0.15, -0.1) is 0 Å². The van der Waals surface area contributed by atoms with Crippen LogP contribution in [0.5, 0.6) is 0 Å². The van der Waals surface area contributed by atoms with Gasteiger partial charge in [0.1, 0.15) is 0 Å². The molecule has 4 heteroatoms. The van der Waals surface area contributed by atoms with Crippen LogP contribution in [-0.2, 0) is 6.18 Å². The molecule has 0 fully saturated rings. The Morgan fingerprint density at radius 2 is 1.71 bits per heavy atom. The normalized spacial score (nSPS) is 14.1. The fraction of sp³-hybridized carbons (Fsp3) is 0.400. The maximum atomic E-state index is 12.2. The van der Waals surface area contributed by atoms with Crippen molar-refractivity contribution >= 4 is 0 Å². The number of benzene rings is 1. The van der Waals surface area contributed by atoms with Crippen molar-refractivity contribution < 1.29 is 13.2 Å². The standard InChI is InChI=1S/C10H12F3N/c1-2-9(14)7-3-5-8(6-4-7)10(11,12)13/h3-6,9H,2,14H2,1H3. The Morgan fingerprint density at radius 1 is 1.21 bits per heavy atom. The van der Waals surface area contributed by atoms with Crippen LogP contribution in [-0.4, -0.2) is 0 Å². The predicted molar refractivity (Wildman–Crippen MR) is 48.7 cm³/mol. The Hall–Kier alpha value is -1.03. The molecule has 2 N–H and O–H groups in total. The maximum absolute atomic E-state index is 12.2. The van der Waals surface area contributed by atoms with Crippen molar-refractivity contribution in [2.45, 2.75) is 25.6 Å². The minimum Gasteiger partial charge on any atom is -0.324 e. The van der Waals surface area contributed by atoms with Crippen molar-refractivity contribution in [2.75, 3.05) is 0 Å². The van der Waals surface area contributed by atoms with E-state index in [-0.39, 0.29) is 6.04 Å². The zero-order valence-electron chi connectivity index (χ0n) is 7.81. The second-order valence-corrected chi connectivity index (χ2v) is 3.13. The van der Waals surface area contributed by atoms with Gasteiger partial charge in [0, 0.05) is 6.04 Å². The third-order valence-electron chi connectivity index (χ3n) is 2.11. The summed E-state index contributed by atoms with van der Waals surface area (Å²) in [6, 6.07) is 4.79. The SMILES string of the molecule is CCC(N)c1ccc(C(F)(F)F)cc1. The first kappa shape index (κ1) is 11.0. The number of rotatable bonds is 2. The van der Waals surface area contributed by atoms with Crippen molar-refractivity contribution in [1.29, 1.82) is 0 Å². The van der Waals surface area contributed by atoms with E-state index < -0.39 is 11.7 Å². The van der Waals surface area contributed by atoms with E-state index in [1.807, 2.05) is 6.92 Å². The van der Waals surface area contributed by atoms with Crippen molar-refractivity contribution in [3.63, 3.8) is 0 Å². The molecule has 14 heavy (non-hydrogen) atoms. The third-order valence-corrected chi connectivity index (χ3v) is 2.11. The maximum Gasteiger partial charge on any atom is 0.416 e. The largest absolute Gasteiger partial charge is 0.416 e. The number of hydrogen-bond donors (Lipinski definition) is 1. The number of nitrogens with two attached hydrogens (primary N) is 1. The van der Waals surface area contributed by atoms with E-state index in [2.05, 4.69) is 0 Å². The zero-order chi connectivity index (χ0) is 10.8. The molecule has 1 aromatic carbocycles. The van der Waals surface area contributed by atoms with Crippen molar-refractivity contribution in [2.24, 2.45) is 5.73 Å². The first-order valence-electron chi connectivity index (χ1n) is 4.38. The smallest absolute Gasteiger partial charge is 0.324 e. The molecule has 0 heterocycles. The lowest BCUT2D eigenvalue weighted by Crippen LogP contribution is -2.10. The van der Waals surface area contributed by atoms with Gasteiger partial charge in [0.15, 0.2) is 0 Å². The fourth-order valence-corrected chi connectivity index (χ4v) is 1.15. The van der Waals surface area contributed by atoms with Gasteiger partial charge in [-0.3, -0.25) is 0 Å². The van der Waals surface area contributed by atoms with Crippen LogP contribution in [0.25, 0.3) is 0 Å². The fourth-order valence-electron chi connectivity index (χ4n) is 1.15. The average Bonchev–Trinajstić information content (AvgIpc) is 2.15. The Morgan fingerprint density at radius 3 is 2.07 bits per heavy atom. The molecular weight excluding hydrogens is 191 g/mol. The van der Waals surface area contributed by atoms with Gasteiger partial charge in [0.05, 0.1) is 5.56 Å². The second-order valence-electron chi connectivity index (χ2n) is 3.13. The Balaban J connectivity index is 2.89. The molecule has 0 aromatic heterocycles. The van der Waals surface area contributed by atoms with Gasteiger partial charge in [0.2, 0.25) is 0 Å². The summed E-state index contributed by atoms with van der Waals surface area (Å²) >= 11 is 0. The minimum absolute atomic E-state index is 0.183. The second kappa shape index (κ2) is 4.00. The van der Waals surface area contributed by atoms with Crippen molar-refractivity contribution in [3.05, 3.63) is 35.4 Å². The molecule has 0 radical (unpaired) electrons. The summed E-state index contributed by atoms with van der Waals surface area (Å²) in [5.41, 5.74) is 5.77. The van der Waals surface area contributed by atoms with Gasteiger partial charge in [-0.25, -0.2) is 0 Å². The summed E-state index contributed by atoms with van der Waals surface area (Å²) in [5.74, 6) is 0. The molecule has 1 aromatic rings. The Bertz CT molecular complexity index is 289. The van der Waals surface area contributed by atoms with Crippen LogP contribution in [0, 0.1) is 0 Å².